The molecule has 1 N–H and O–H groups in total. The fourth-order valence-corrected chi connectivity index (χ4v) is 3.33. The van der Waals surface area contributed by atoms with Crippen molar-refractivity contribution in [3.8, 4) is 11.5 Å². The summed E-state index contributed by atoms with van der Waals surface area (Å²) in [6.07, 6.45) is -5.80. The second-order valence-electron chi connectivity index (χ2n) is 7.25. The van der Waals surface area contributed by atoms with Crippen molar-refractivity contribution < 1.29 is 32.5 Å². The van der Waals surface area contributed by atoms with Crippen LogP contribution in [0.25, 0.3) is 0 Å². The minimum atomic E-state index is -4.93. The third kappa shape index (κ3) is 6.65. The molecule has 0 radical (unpaired) electrons. The van der Waals surface area contributed by atoms with Crippen molar-refractivity contribution in [1.29, 1.82) is 0 Å². The molecule has 4 nitrogen and oxygen atoms in total. The Morgan fingerprint density at radius 2 is 1.58 bits per heavy atom. The van der Waals surface area contributed by atoms with Gasteiger partial charge in [0.25, 0.3) is 5.78 Å². The highest BCUT2D eigenvalue weighted by Gasteiger charge is 2.38. The molecule has 0 bridgehead atoms. The van der Waals surface area contributed by atoms with Crippen LogP contribution in [0.2, 0.25) is 10.0 Å². The van der Waals surface area contributed by atoms with Gasteiger partial charge < -0.3 is 14.6 Å². The molecular weight excluding hydrogens is 480 g/mol. The molecule has 0 spiro atoms. The third-order valence-electron chi connectivity index (χ3n) is 4.58. The van der Waals surface area contributed by atoms with Crippen molar-refractivity contribution in [2.24, 2.45) is 0 Å². The van der Waals surface area contributed by atoms with Crippen molar-refractivity contribution in [1.82, 2.24) is 0 Å². The van der Waals surface area contributed by atoms with Gasteiger partial charge in [-0.05, 0) is 35.4 Å². The molecule has 2 aromatic carbocycles. The average Bonchev–Trinajstić information content (AvgIpc) is 2.70. The number of hydrogen-bond donors (Lipinski definition) is 1. The predicted molar refractivity (Wildman–Crippen MR) is 114 cm³/mol. The van der Waals surface area contributed by atoms with E-state index in [9.17, 15) is 23.1 Å². The Labute approximate surface area is 192 Å². The molecule has 170 valence electrons. The second-order valence-corrected chi connectivity index (χ2v) is 8.37. The number of aliphatic hydroxyl groups is 1. The van der Waals surface area contributed by atoms with Crippen molar-refractivity contribution in [2.45, 2.75) is 31.5 Å². The van der Waals surface area contributed by atoms with Crippen LogP contribution in [0, 0.1) is 0 Å². The van der Waals surface area contributed by atoms with Crippen LogP contribution in [0.1, 0.15) is 25.0 Å². The van der Waals surface area contributed by atoms with E-state index in [-0.39, 0.29) is 34.0 Å². The molecular formula is C21H20Cl3F3O4. The van der Waals surface area contributed by atoms with Gasteiger partial charge in [0.2, 0.25) is 0 Å². The SMILES string of the molecule is CC(C)(c1ccc(OCC(=O)C(F)(F)F)cc1)c1cc(Cl)c(OC[C@H](O)CCl)c(Cl)c1. The Morgan fingerprint density at radius 1 is 1.03 bits per heavy atom. The topological polar surface area (TPSA) is 55.8 Å². The maximum absolute atomic E-state index is 12.3. The van der Waals surface area contributed by atoms with Gasteiger partial charge in [0.1, 0.15) is 18.5 Å². The van der Waals surface area contributed by atoms with Crippen LogP contribution in [-0.4, -0.2) is 42.3 Å². The van der Waals surface area contributed by atoms with E-state index in [1.807, 2.05) is 13.8 Å². The lowest BCUT2D eigenvalue weighted by atomic mass is 9.78. The van der Waals surface area contributed by atoms with Gasteiger partial charge in [-0.3, -0.25) is 4.79 Å². The molecule has 0 heterocycles. The summed E-state index contributed by atoms with van der Waals surface area (Å²) in [6.45, 7) is 2.67. The number of halogens is 6. The molecule has 0 aliphatic rings. The Kier molecular flexibility index (Phi) is 8.50. The number of alkyl halides is 4. The number of rotatable bonds is 9. The number of aliphatic hydroxyl groups excluding tert-OH is 1. The minimum Gasteiger partial charge on any atom is -0.488 e. The zero-order valence-corrected chi connectivity index (χ0v) is 18.9. The van der Waals surface area contributed by atoms with E-state index in [4.69, 9.17) is 44.3 Å². The van der Waals surface area contributed by atoms with Crippen molar-refractivity contribution in [3.63, 3.8) is 0 Å². The van der Waals surface area contributed by atoms with Crippen molar-refractivity contribution >= 4 is 40.6 Å². The maximum atomic E-state index is 12.3. The lowest BCUT2D eigenvalue weighted by Crippen LogP contribution is -2.28. The fourth-order valence-electron chi connectivity index (χ4n) is 2.65. The summed E-state index contributed by atoms with van der Waals surface area (Å²) in [4.78, 5) is 10.9. The first-order chi connectivity index (χ1) is 14.4. The van der Waals surface area contributed by atoms with E-state index in [1.54, 1.807) is 24.3 Å². The van der Waals surface area contributed by atoms with E-state index in [0.717, 1.165) is 11.1 Å². The number of carbonyl (C=O) groups excluding carboxylic acids is 1. The van der Waals surface area contributed by atoms with Gasteiger partial charge in [0.15, 0.2) is 12.4 Å². The predicted octanol–water partition coefficient (Wildman–Crippen LogP) is 5.81. The molecule has 0 aromatic heterocycles. The van der Waals surface area contributed by atoms with Gasteiger partial charge in [0.05, 0.1) is 15.9 Å². The zero-order valence-electron chi connectivity index (χ0n) is 16.6. The summed E-state index contributed by atoms with van der Waals surface area (Å²) in [5.41, 5.74) is 0.982. The largest absolute Gasteiger partial charge is 0.488 e. The second kappa shape index (κ2) is 10.3. The van der Waals surface area contributed by atoms with Gasteiger partial charge in [-0.15, -0.1) is 11.6 Å². The quantitative estimate of drug-likeness (QED) is 0.443. The van der Waals surface area contributed by atoms with Crippen molar-refractivity contribution in [2.75, 3.05) is 19.1 Å². The Balaban J connectivity index is 2.18. The molecule has 2 rings (SSSR count). The lowest BCUT2D eigenvalue weighted by molar-refractivity contribution is -0.173. The van der Waals surface area contributed by atoms with E-state index < -0.39 is 30.1 Å². The van der Waals surface area contributed by atoms with Crippen LogP contribution in [0.5, 0.6) is 11.5 Å². The first-order valence-electron chi connectivity index (χ1n) is 9.06. The van der Waals surface area contributed by atoms with E-state index in [1.165, 1.54) is 12.1 Å². The minimum absolute atomic E-state index is 0.00439. The number of ether oxygens (including phenoxy) is 2. The Bertz CT molecular complexity index is 892. The molecule has 0 saturated carbocycles. The summed E-state index contributed by atoms with van der Waals surface area (Å²) in [5, 5.41) is 10.0. The Hall–Kier alpha value is -1.67. The van der Waals surface area contributed by atoms with Crippen LogP contribution in [0.15, 0.2) is 36.4 Å². The average molecular weight is 500 g/mol. The highest BCUT2D eigenvalue weighted by Crippen LogP contribution is 2.40. The molecule has 0 fully saturated rings. The molecule has 0 amide bonds. The smallest absolute Gasteiger partial charge is 0.453 e. The molecule has 10 heteroatoms. The summed E-state index contributed by atoms with van der Waals surface area (Å²) in [6, 6.07) is 9.68. The molecule has 0 aliphatic carbocycles. The van der Waals surface area contributed by atoms with E-state index >= 15 is 0 Å². The van der Waals surface area contributed by atoms with Crippen molar-refractivity contribution in [3.05, 3.63) is 57.6 Å². The first-order valence-corrected chi connectivity index (χ1v) is 10.3. The van der Waals surface area contributed by atoms with Crippen LogP contribution in [-0.2, 0) is 10.2 Å². The molecule has 31 heavy (non-hydrogen) atoms. The van der Waals surface area contributed by atoms with E-state index in [0.29, 0.717) is 0 Å². The highest BCUT2D eigenvalue weighted by atomic mass is 35.5. The summed E-state index contributed by atoms with van der Waals surface area (Å²) < 4.78 is 47.2. The molecule has 1 atom stereocenters. The molecule has 0 aliphatic heterocycles. The van der Waals surface area contributed by atoms with Gasteiger partial charge in [0, 0.05) is 5.41 Å². The Morgan fingerprint density at radius 3 is 2.06 bits per heavy atom. The van der Waals surface area contributed by atoms with Gasteiger partial charge in [-0.2, -0.15) is 13.2 Å². The normalized spacial score (nSPS) is 13.1. The number of benzene rings is 2. The monoisotopic (exact) mass is 498 g/mol. The van der Waals surface area contributed by atoms with Gasteiger partial charge in [-0.25, -0.2) is 0 Å². The first kappa shape index (κ1) is 25.6. The summed E-state index contributed by atoms with van der Waals surface area (Å²) >= 11 is 18.2. The molecule has 0 unspecified atom stereocenters. The summed E-state index contributed by atoms with van der Waals surface area (Å²) in [5.74, 6) is -1.59. The highest BCUT2D eigenvalue weighted by molar-refractivity contribution is 6.37. The van der Waals surface area contributed by atoms with Gasteiger partial charge >= 0.3 is 6.18 Å². The number of Topliss-reactive ketones (excluding diaryl/α,β-unsaturated/α-hetero) is 1. The van der Waals surface area contributed by atoms with Crippen LogP contribution in [0.4, 0.5) is 13.2 Å². The lowest BCUT2D eigenvalue weighted by Gasteiger charge is -2.27. The van der Waals surface area contributed by atoms with Crippen LogP contribution in [0.3, 0.4) is 0 Å². The molecule has 0 saturated heterocycles. The van der Waals surface area contributed by atoms with E-state index in [2.05, 4.69) is 0 Å². The fraction of sp³-hybridized carbons (Fsp3) is 0.381. The number of carbonyl (C=O) groups is 1. The third-order valence-corrected chi connectivity index (χ3v) is 5.50. The molecule has 2 aromatic rings. The number of ketones is 1. The summed E-state index contributed by atoms with van der Waals surface area (Å²) in [7, 11) is 0. The van der Waals surface area contributed by atoms with Gasteiger partial charge in [-0.1, -0.05) is 49.2 Å². The standard InChI is InChI=1S/C21H20Cl3F3O4/c1-20(2,12-3-5-15(6-4-12)30-11-18(29)21(25,26)27)13-7-16(23)19(17(24)8-13)31-10-14(28)9-22/h3-8,14,28H,9-11H2,1-2H3/t14-/m1/s1. The van der Waals surface area contributed by atoms with Crippen LogP contribution >= 0.6 is 34.8 Å². The number of hydrogen-bond acceptors (Lipinski definition) is 4. The van der Waals surface area contributed by atoms with Crippen LogP contribution < -0.4 is 9.47 Å². The zero-order chi connectivity index (χ0) is 23.4. The maximum Gasteiger partial charge on any atom is 0.453 e.